The predicted octanol–water partition coefficient (Wildman–Crippen LogP) is 6.94. The van der Waals surface area contributed by atoms with Crippen LogP contribution in [-0.2, 0) is 32.6 Å². The minimum atomic E-state index is -4.30. The van der Waals surface area contributed by atoms with Crippen LogP contribution in [0.5, 0.6) is 5.75 Å². The number of halogens is 1. The summed E-state index contributed by atoms with van der Waals surface area (Å²) in [5.74, 6) is -0.463. The first-order chi connectivity index (χ1) is 23.2. The van der Waals surface area contributed by atoms with Crippen molar-refractivity contribution in [1.82, 2.24) is 10.2 Å². The van der Waals surface area contributed by atoms with E-state index in [2.05, 4.69) is 5.32 Å². The highest BCUT2D eigenvalue weighted by Crippen LogP contribution is 2.33. The molecule has 10 heteroatoms. The summed E-state index contributed by atoms with van der Waals surface area (Å²) in [6.07, 6.45) is 4.11. The molecule has 0 aliphatic heterocycles. The number of sulfonamides is 1. The van der Waals surface area contributed by atoms with E-state index in [9.17, 15) is 18.0 Å². The van der Waals surface area contributed by atoms with Crippen molar-refractivity contribution < 1.29 is 22.7 Å². The van der Waals surface area contributed by atoms with E-state index in [4.69, 9.17) is 16.3 Å². The average Bonchev–Trinajstić information content (AvgIpc) is 3.60. The molecule has 0 bridgehead atoms. The number of carbonyl (C=O) groups is 2. The van der Waals surface area contributed by atoms with Crippen molar-refractivity contribution in [2.75, 3.05) is 17.5 Å². The number of rotatable bonds is 14. The van der Waals surface area contributed by atoms with E-state index in [1.165, 1.54) is 29.2 Å². The molecule has 1 aliphatic rings. The number of anilines is 1. The summed E-state index contributed by atoms with van der Waals surface area (Å²) < 4.78 is 35.7. The lowest BCUT2D eigenvalue weighted by molar-refractivity contribution is -0.140. The maximum Gasteiger partial charge on any atom is 0.264 e. The Morgan fingerprint density at radius 2 is 1.54 bits per heavy atom. The molecule has 0 spiro atoms. The zero-order valence-corrected chi connectivity index (χ0v) is 28.9. The largest absolute Gasteiger partial charge is 0.492 e. The molecule has 4 aromatic carbocycles. The summed E-state index contributed by atoms with van der Waals surface area (Å²) in [6.45, 7) is 3.60. The highest BCUT2D eigenvalue weighted by Gasteiger charge is 2.36. The predicted molar refractivity (Wildman–Crippen MR) is 190 cm³/mol. The molecule has 48 heavy (non-hydrogen) atoms. The van der Waals surface area contributed by atoms with Crippen molar-refractivity contribution in [2.45, 2.75) is 69.5 Å². The molecule has 252 valence electrons. The van der Waals surface area contributed by atoms with Crippen LogP contribution in [-0.4, -0.2) is 50.4 Å². The second-order valence-electron chi connectivity index (χ2n) is 12.0. The van der Waals surface area contributed by atoms with E-state index < -0.39 is 28.5 Å². The molecule has 1 atom stereocenters. The molecule has 1 fully saturated rings. The molecule has 1 aliphatic carbocycles. The number of nitrogens with zero attached hydrogens (tertiary/aromatic N) is 2. The molecule has 2 amide bonds. The Balaban J connectivity index is 1.60. The molecule has 1 N–H and O–H groups in total. The SMILES string of the molecule is CCOc1ccccc1N(CC(=O)N(Cc1ccccc1C)[C@H](Cc1ccccc1)C(=O)NC1CCCC1)S(=O)(=O)c1ccc(Cl)cc1. The highest BCUT2D eigenvalue weighted by molar-refractivity contribution is 7.92. The first-order valence-electron chi connectivity index (χ1n) is 16.4. The summed E-state index contributed by atoms with van der Waals surface area (Å²) in [4.78, 5) is 30.5. The molecule has 8 nitrogen and oxygen atoms in total. The summed E-state index contributed by atoms with van der Waals surface area (Å²) in [6, 6.07) is 29.0. The minimum Gasteiger partial charge on any atom is -0.492 e. The van der Waals surface area contributed by atoms with Crippen molar-refractivity contribution in [2.24, 2.45) is 0 Å². The van der Waals surface area contributed by atoms with Gasteiger partial charge in [-0.05, 0) is 79.8 Å². The number of benzene rings is 4. The van der Waals surface area contributed by atoms with E-state index in [0.717, 1.165) is 46.7 Å². The summed E-state index contributed by atoms with van der Waals surface area (Å²) in [5, 5.41) is 3.59. The lowest BCUT2D eigenvalue weighted by atomic mass is 10.0. The van der Waals surface area contributed by atoms with E-state index in [-0.39, 0.29) is 35.5 Å². The van der Waals surface area contributed by atoms with Gasteiger partial charge in [-0.25, -0.2) is 8.42 Å². The fourth-order valence-corrected chi connectivity index (χ4v) is 7.63. The van der Waals surface area contributed by atoms with Gasteiger partial charge in [-0.15, -0.1) is 0 Å². The van der Waals surface area contributed by atoms with Crippen LogP contribution in [0.3, 0.4) is 0 Å². The quantitative estimate of drug-likeness (QED) is 0.155. The number of carbonyl (C=O) groups excluding carboxylic acids is 2. The Morgan fingerprint density at radius 1 is 0.896 bits per heavy atom. The lowest BCUT2D eigenvalue weighted by Gasteiger charge is -2.35. The van der Waals surface area contributed by atoms with Crippen LogP contribution in [0.1, 0.15) is 49.3 Å². The highest BCUT2D eigenvalue weighted by atomic mass is 35.5. The van der Waals surface area contributed by atoms with E-state index in [1.54, 1.807) is 31.2 Å². The van der Waals surface area contributed by atoms with Gasteiger partial charge in [0.15, 0.2) is 0 Å². The fourth-order valence-electron chi connectivity index (χ4n) is 6.08. The van der Waals surface area contributed by atoms with Gasteiger partial charge in [0.2, 0.25) is 11.8 Å². The standard InChI is InChI=1S/C38H42ClN3O5S/c1-3-47-36-20-12-11-19-34(36)42(48(45,46)33-23-21-31(39)22-24-33)27-37(43)41(26-30-16-8-7-13-28(30)2)35(25-29-14-5-4-6-15-29)38(44)40-32-17-9-10-18-32/h4-8,11-16,19-24,32,35H,3,9-10,17-18,25-27H2,1-2H3,(H,40,44)/t35-/m1/s1. The number of aryl methyl sites for hydroxylation is 1. The van der Waals surface area contributed by atoms with Crippen LogP contribution in [0.4, 0.5) is 5.69 Å². The molecule has 4 aromatic rings. The van der Waals surface area contributed by atoms with Gasteiger partial charge in [-0.3, -0.25) is 13.9 Å². The first-order valence-corrected chi connectivity index (χ1v) is 18.2. The lowest BCUT2D eigenvalue weighted by Crippen LogP contribution is -2.54. The Morgan fingerprint density at radius 3 is 2.23 bits per heavy atom. The summed E-state index contributed by atoms with van der Waals surface area (Å²) in [7, 11) is -4.30. The summed E-state index contributed by atoms with van der Waals surface area (Å²) in [5.41, 5.74) is 2.92. The molecular weight excluding hydrogens is 646 g/mol. The van der Waals surface area contributed by atoms with Crippen LogP contribution in [0.15, 0.2) is 108 Å². The molecule has 1 saturated carbocycles. The number of hydrogen-bond acceptors (Lipinski definition) is 5. The van der Waals surface area contributed by atoms with Crippen molar-refractivity contribution >= 4 is 39.1 Å². The van der Waals surface area contributed by atoms with Crippen LogP contribution >= 0.6 is 11.6 Å². The maximum atomic E-state index is 14.8. The van der Waals surface area contributed by atoms with Crippen LogP contribution in [0.2, 0.25) is 5.02 Å². The topological polar surface area (TPSA) is 96.0 Å². The van der Waals surface area contributed by atoms with Crippen LogP contribution in [0.25, 0.3) is 0 Å². The van der Waals surface area contributed by atoms with Crippen molar-refractivity contribution in [3.8, 4) is 5.75 Å². The van der Waals surface area contributed by atoms with E-state index >= 15 is 0 Å². The Hall–Kier alpha value is -4.34. The molecule has 5 rings (SSSR count). The number of amides is 2. The molecule has 0 radical (unpaired) electrons. The van der Waals surface area contributed by atoms with E-state index in [0.29, 0.717) is 17.4 Å². The van der Waals surface area contributed by atoms with Gasteiger partial charge in [0.1, 0.15) is 18.3 Å². The second kappa shape index (κ2) is 16.2. The number of nitrogens with one attached hydrogen (secondary N) is 1. The van der Waals surface area contributed by atoms with Crippen molar-refractivity contribution in [3.05, 3.63) is 125 Å². The number of hydrogen-bond donors (Lipinski definition) is 1. The first kappa shape index (κ1) is 35.0. The summed E-state index contributed by atoms with van der Waals surface area (Å²) >= 11 is 6.11. The molecule has 0 unspecified atom stereocenters. The van der Waals surface area contributed by atoms with Crippen LogP contribution in [0, 0.1) is 6.92 Å². The van der Waals surface area contributed by atoms with Gasteiger partial charge in [-0.2, -0.15) is 0 Å². The van der Waals surface area contributed by atoms with Gasteiger partial charge < -0.3 is 15.0 Å². The van der Waals surface area contributed by atoms with Gasteiger partial charge in [0.05, 0.1) is 17.2 Å². The van der Waals surface area contributed by atoms with Crippen molar-refractivity contribution in [1.29, 1.82) is 0 Å². The molecule has 0 aromatic heterocycles. The number of ether oxygens (including phenoxy) is 1. The third-order valence-electron chi connectivity index (χ3n) is 8.69. The molecular formula is C38H42ClN3O5S. The molecule has 0 heterocycles. The monoisotopic (exact) mass is 687 g/mol. The Bertz CT molecular complexity index is 1790. The van der Waals surface area contributed by atoms with E-state index in [1.807, 2.05) is 61.5 Å². The minimum absolute atomic E-state index is 0.0312. The van der Waals surface area contributed by atoms with Gasteiger partial charge >= 0.3 is 0 Å². The zero-order valence-electron chi connectivity index (χ0n) is 27.3. The third-order valence-corrected chi connectivity index (χ3v) is 10.7. The average molecular weight is 688 g/mol. The fraction of sp³-hybridized carbons (Fsp3) is 0.316. The van der Waals surface area contributed by atoms with Crippen LogP contribution < -0.4 is 14.4 Å². The van der Waals surface area contributed by atoms with Gasteiger partial charge in [-0.1, -0.05) is 91.2 Å². The Labute approximate surface area is 288 Å². The third kappa shape index (κ3) is 8.57. The smallest absolute Gasteiger partial charge is 0.264 e. The number of para-hydroxylation sites is 2. The normalized spacial score (nSPS) is 13.9. The van der Waals surface area contributed by atoms with Gasteiger partial charge in [0, 0.05) is 24.0 Å². The van der Waals surface area contributed by atoms with Gasteiger partial charge in [0.25, 0.3) is 10.0 Å². The maximum absolute atomic E-state index is 14.8. The second-order valence-corrected chi connectivity index (χ2v) is 14.3. The Kier molecular flexibility index (Phi) is 11.8. The molecule has 0 saturated heterocycles. The zero-order chi connectivity index (χ0) is 34.1. The van der Waals surface area contributed by atoms with Crippen molar-refractivity contribution in [3.63, 3.8) is 0 Å².